The van der Waals surface area contributed by atoms with Gasteiger partial charge in [-0.2, -0.15) is 15.3 Å². The van der Waals surface area contributed by atoms with Crippen LogP contribution in [-0.4, -0.2) is 45.9 Å². The molecule has 0 bridgehead atoms. The first kappa shape index (κ1) is 17.1. The molecule has 2 N–H and O–H groups in total. The quantitative estimate of drug-likeness (QED) is 0.847. The Morgan fingerprint density at radius 3 is 2.73 bits per heavy atom. The summed E-state index contributed by atoms with van der Waals surface area (Å²) in [5.74, 6) is 1.22. The highest BCUT2D eigenvalue weighted by Crippen LogP contribution is 2.50. The predicted octanol–water partition coefficient (Wildman–Crippen LogP) is 2.03. The Labute approximate surface area is 157 Å². The van der Waals surface area contributed by atoms with Gasteiger partial charge >= 0.3 is 0 Å². The highest BCUT2D eigenvalue weighted by atomic mass is 35.5. The molecule has 2 aliphatic rings. The molecule has 0 unspecified atom stereocenters. The van der Waals surface area contributed by atoms with Crippen molar-refractivity contribution in [1.82, 2.24) is 25.1 Å². The third-order valence-corrected chi connectivity index (χ3v) is 5.98. The van der Waals surface area contributed by atoms with Gasteiger partial charge in [-0.3, -0.25) is 4.68 Å². The Bertz CT molecular complexity index is 856. The van der Waals surface area contributed by atoms with Crippen LogP contribution in [0.15, 0.2) is 18.6 Å². The van der Waals surface area contributed by atoms with E-state index in [2.05, 4.69) is 50.5 Å². The molecule has 0 amide bonds. The topological polar surface area (TPSA) is 94.7 Å². The van der Waals surface area contributed by atoms with Crippen LogP contribution in [0.4, 0.5) is 17.5 Å². The zero-order valence-electron chi connectivity index (χ0n) is 14.8. The summed E-state index contributed by atoms with van der Waals surface area (Å²) >= 11 is 6.41. The van der Waals surface area contributed by atoms with Gasteiger partial charge in [0, 0.05) is 43.2 Å². The maximum atomic E-state index is 8.74. The molecule has 2 fully saturated rings. The molecule has 2 aliphatic heterocycles. The average Bonchev–Trinajstić information content (AvgIpc) is 3.20. The van der Waals surface area contributed by atoms with Gasteiger partial charge in [0.25, 0.3) is 0 Å². The molecule has 0 radical (unpaired) electrons. The SMILES string of the molecule is C[C@@]12CNC[C@]1(C)CN(c1nc(Nc3cnn(CC#N)c3)ncc1Cl)C2. The maximum absolute atomic E-state index is 8.74. The summed E-state index contributed by atoms with van der Waals surface area (Å²) in [5, 5.41) is 20.0. The van der Waals surface area contributed by atoms with Gasteiger partial charge in [0.05, 0.1) is 24.2 Å². The van der Waals surface area contributed by atoms with Crippen LogP contribution in [0.2, 0.25) is 5.02 Å². The van der Waals surface area contributed by atoms with Gasteiger partial charge in [-0.1, -0.05) is 25.4 Å². The summed E-state index contributed by atoms with van der Waals surface area (Å²) in [6, 6.07) is 2.05. The summed E-state index contributed by atoms with van der Waals surface area (Å²) in [5.41, 5.74) is 1.13. The Kier molecular flexibility index (Phi) is 4.01. The van der Waals surface area contributed by atoms with Gasteiger partial charge in [-0.15, -0.1) is 0 Å². The summed E-state index contributed by atoms with van der Waals surface area (Å²) in [4.78, 5) is 11.2. The van der Waals surface area contributed by atoms with Crippen LogP contribution in [0, 0.1) is 22.2 Å². The van der Waals surface area contributed by atoms with Gasteiger partial charge in [-0.25, -0.2) is 4.98 Å². The van der Waals surface area contributed by atoms with Crippen LogP contribution in [-0.2, 0) is 6.54 Å². The van der Waals surface area contributed by atoms with Crippen LogP contribution in [0.5, 0.6) is 0 Å². The third-order valence-electron chi connectivity index (χ3n) is 5.71. The average molecular weight is 373 g/mol. The molecule has 8 nitrogen and oxygen atoms in total. The van der Waals surface area contributed by atoms with Gasteiger partial charge in [0.15, 0.2) is 5.82 Å². The number of nitrogens with zero attached hydrogens (tertiary/aromatic N) is 6. The molecule has 4 heterocycles. The minimum Gasteiger partial charge on any atom is -0.354 e. The van der Waals surface area contributed by atoms with Crippen LogP contribution >= 0.6 is 11.6 Å². The largest absolute Gasteiger partial charge is 0.354 e. The highest BCUT2D eigenvalue weighted by Gasteiger charge is 2.55. The fraction of sp³-hybridized carbons (Fsp3) is 0.529. The van der Waals surface area contributed by atoms with Crippen LogP contribution in [0.1, 0.15) is 13.8 Å². The van der Waals surface area contributed by atoms with Gasteiger partial charge < -0.3 is 15.5 Å². The molecule has 2 atom stereocenters. The molecule has 2 aromatic heterocycles. The first-order valence-corrected chi connectivity index (χ1v) is 8.95. The molecule has 2 saturated heterocycles. The minimum atomic E-state index is 0.202. The summed E-state index contributed by atoms with van der Waals surface area (Å²) in [6.07, 6.45) is 5.01. The lowest BCUT2D eigenvalue weighted by molar-refractivity contribution is 0.212. The Morgan fingerprint density at radius 2 is 2.04 bits per heavy atom. The van der Waals surface area contributed by atoms with E-state index in [-0.39, 0.29) is 17.4 Å². The van der Waals surface area contributed by atoms with E-state index >= 15 is 0 Å². The van der Waals surface area contributed by atoms with E-state index in [0.29, 0.717) is 11.0 Å². The van der Waals surface area contributed by atoms with Crippen molar-refractivity contribution in [2.75, 3.05) is 36.4 Å². The van der Waals surface area contributed by atoms with Gasteiger partial charge in [-0.05, 0) is 0 Å². The fourth-order valence-corrected chi connectivity index (χ4v) is 4.15. The zero-order valence-corrected chi connectivity index (χ0v) is 15.6. The number of nitrogens with one attached hydrogen (secondary N) is 2. The number of halogens is 1. The molecule has 0 aromatic carbocycles. The zero-order chi connectivity index (χ0) is 18.4. The number of fused-ring (bicyclic) bond motifs is 1. The normalized spacial score (nSPS) is 27.4. The number of nitriles is 1. The molecule has 0 saturated carbocycles. The molecule has 4 rings (SSSR count). The second-order valence-electron chi connectivity index (χ2n) is 7.66. The molecular formula is C17H21ClN8. The van der Waals surface area contributed by atoms with Crippen molar-refractivity contribution in [3.63, 3.8) is 0 Å². The minimum absolute atomic E-state index is 0.202. The Hall–Kier alpha value is -2.37. The van der Waals surface area contributed by atoms with E-state index in [1.165, 1.54) is 0 Å². The van der Waals surface area contributed by atoms with E-state index in [1.807, 2.05) is 0 Å². The summed E-state index contributed by atoms with van der Waals surface area (Å²) in [7, 11) is 0. The molecule has 0 spiro atoms. The number of hydrogen-bond acceptors (Lipinski definition) is 7. The maximum Gasteiger partial charge on any atom is 0.229 e. The lowest BCUT2D eigenvalue weighted by Crippen LogP contribution is -2.34. The lowest BCUT2D eigenvalue weighted by Gasteiger charge is -2.30. The van der Waals surface area contributed by atoms with Crippen LogP contribution in [0.25, 0.3) is 0 Å². The summed E-state index contributed by atoms with van der Waals surface area (Å²) < 4.78 is 1.55. The summed E-state index contributed by atoms with van der Waals surface area (Å²) in [6.45, 7) is 8.68. The third kappa shape index (κ3) is 2.77. The van der Waals surface area contributed by atoms with Crippen molar-refractivity contribution < 1.29 is 0 Å². The fourth-order valence-electron chi connectivity index (χ4n) is 3.94. The number of aromatic nitrogens is 4. The molecule has 136 valence electrons. The van der Waals surface area contributed by atoms with Crippen LogP contribution in [0.3, 0.4) is 0 Å². The smallest absolute Gasteiger partial charge is 0.229 e. The predicted molar refractivity (Wildman–Crippen MR) is 99.5 cm³/mol. The number of hydrogen-bond donors (Lipinski definition) is 2. The second kappa shape index (κ2) is 6.11. The standard InChI is InChI=1S/C17H21ClN8/c1-16-8-20-9-17(16,2)11-25(10-16)14-13(18)6-21-15(24-14)23-12-5-22-26(7-12)4-3-19/h5-7,20H,4,8-11H2,1-2H3,(H,21,23,24)/t16-,17+. The van der Waals surface area contributed by atoms with Gasteiger partial charge in [0.2, 0.25) is 5.95 Å². The molecule has 9 heteroatoms. The van der Waals surface area contributed by atoms with Crippen molar-refractivity contribution in [3.05, 3.63) is 23.6 Å². The second-order valence-corrected chi connectivity index (χ2v) is 8.06. The van der Waals surface area contributed by atoms with E-state index in [0.717, 1.165) is 37.7 Å². The monoisotopic (exact) mass is 372 g/mol. The highest BCUT2D eigenvalue weighted by molar-refractivity contribution is 6.32. The van der Waals surface area contributed by atoms with Crippen LogP contribution < -0.4 is 15.5 Å². The first-order chi connectivity index (χ1) is 12.4. The Balaban J connectivity index is 1.56. The number of anilines is 3. The van der Waals surface area contributed by atoms with E-state index in [1.54, 1.807) is 23.3 Å². The van der Waals surface area contributed by atoms with Crippen molar-refractivity contribution in [2.45, 2.75) is 20.4 Å². The van der Waals surface area contributed by atoms with E-state index < -0.39 is 0 Å². The Morgan fingerprint density at radius 1 is 1.31 bits per heavy atom. The van der Waals surface area contributed by atoms with Crippen molar-refractivity contribution >= 4 is 29.1 Å². The van der Waals surface area contributed by atoms with E-state index in [9.17, 15) is 0 Å². The van der Waals surface area contributed by atoms with Crippen molar-refractivity contribution in [1.29, 1.82) is 5.26 Å². The number of rotatable bonds is 4. The molecule has 26 heavy (non-hydrogen) atoms. The molecule has 2 aromatic rings. The first-order valence-electron chi connectivity index (χ1n) is 8.57. The lowest BCUT2D eigenvalue weighted by atomic mass is 9.71. The van der Waals surface area contributed by atoms with Gasteiger partial charge in [0.1, 0.15) is 11.6 Å². The van der Waals surface area contributed by atoms with Crippen molar-refractivity contribution in [2.24, 2.45) is 10.8 Å². The van der Waals surface area contributed by atoms with E-state index in [4.69, 9.17) is 16.9 Å². The molecular weight excluding hydrogens is 352 g/mol. The molecule has 0 aliphatic carbocycles. The van der Waals surface area contributed by atoms with Crippen molar-refractivity contribution in [3.8, 4) is 6.07 Å².